The lowest BCUT2D eigenvalue weighted by Crippen LogP contribution is -2.50. The standard InChI is InChI=1S/C10H21N3OS/c1-7-5-13(6-8(2)15-7)9(4-11)3-10(12)14/h7-9H,3-6,11H2,1-2H3,(H2,12,14). The molecule has 0 spiro atoms. The van der Waals surface area contributed by atoms with Gasteiger partial charge in [0.2, 0.25) is 5.91 Å². The summed E-state index contributed by atoms with van der Waals surface area (Å²) in [6.45, 7) is 6.94. The molecule has 4 nitrogen and oxygen atoms in total. The van der Waals surface area contributed by atoms with E-state index in [1.165, 1.54) is 0 Å². The molecule has 0 saturated carbocycles. The lowest BCUT2D eigenvalue weighted by molar-refractivity contribution is -0.119. The van der Waals surface area contributed by atoms with Gasteiger partial charge < -0.3 is 11.5 Å². The number of carbonyl (C=O) groups is 1. The van der Waals surface area contributed by atoms with Gasteiger partial charge in [0.15, 0.2) is 0 Å². The van der Waals surface area contributed by atoms with Gasteiger partial charge in [-0.2, -0.15) is 11.8 Å². The highest BCUT2D eigenvalue weighted by Gasteiger charge is 2.27. The van der Waals surface area contributed by atoms with Crippen LogP contribution < -0.4 is 11.5 Å². The molecule has 4 N–H and O–H groups in total. The smallest absolute Gasteiger partial charge is 0.219 e. The molecular weight excluding hydrogens is 210 g/mol. The summed E-state index contributed by atoms with van der Waals surface area (Å²) >= 11 is 1.99. The molecule has 15 heavy (non-hydrogen) atoms. The molecule has 1 saturated heterocycles. The molecule has 1 aliphatic heterocycles. The van der Waals surface area contributed by atoms with E-state index in [0.29, 0.717) is 23.5 Å². The average Bonchev–Trinajstić information content (AvgIpc) is 2.12. The number of carbonyl (C=O) groups excluding carboxylic acids is 1. The number of hydrogen-bond donors (Lipinski definition) is 2. The second kappa shape index (κ2) is 5.72. The van der Waals surface area contributed by atoms with Crippen molar-refractivity contribution in [2.75, 3.05) is 19.6 Å². The van der Waals surface area contributed by atoms with Crippen LogP contribution in [0.4, 0.5) is 0 Å². The first-order valence-corrected chi connectivity index (χ1v) is 6.35. The summed E-state index contributed by atoms with van der Waals surface area (Å²) in [7, 11) is 0. The quantitative estimate of drug-likeness (QED) is 0.715. The fourth-order valence-electron chi connectivity index (χ4n) is 2.11. The van der Waals surface area contributed by atoms with Crippen molar-refractivity contribution in [1.82, 2.24) is 4.90 Å². The maximum Gasteiger partial charge on any atom is 0.219 e. The predicted molar refractivity (Wildman–Crippen MR) is 64.7 cm³/mol. The minimum atomic E-state index is -0.260. The van der Waals surface area contributed by atoms with Crippen LogP contribution in [-0.4, -0.2) is 47.0 Å². The number of nitrogens with two attached hydrogens (primary N) is 2. The molecule has 88 valence electrons. The fourth-order valence-corrected chi connectivity index (χ4v) is 3.46. The second-order valence-electron chi connectivity index (χ2n) is 4.27. The van der Waals surface area contributed by atoms with E-state index < -0.39 is 0 Å². The van der Waals surface area contributed by atoms with Crippen molar-refractivity contribution in [1.29, 1.82) is 0 Å². The molecule has 1 rings (SSSR count). The molecule has 0 radical (unpaired) electrons. The van der Waals surface area contributed by atoms with Crippen LogP contribution in [0, 0.1) is 0 Å². The average molecular weight is 231 g/mol. The molecule has 1 amide bonds. The summed E-state index contributed by atoms with van der Waals surface area (Å²) in [6, 6.07) is 0.119. The van der Waals surface area contributed by atoms with Crippen molar-refractivity contribution < 1.29 is 4.79 Å². The van der Waals surface area contributed by atoms with Crippen molar-refractivity contribution in [3.8, 4) is 0 Å². The van der Waals surface area contributed by atoms with Gasteiger partial charge in [-0.25, -0.2) is 0 Å². The molecule has 0 aromatic carbocycles. The lowest BCUT2D eigenvalue weighted by Gasteiger charge is -2.39. The molecule has 1 fully saturated rings. The van der Waals surface area contributed by atoms with Crippen LogP contribution in [0.5, 0.6) is 0 Å². The Kier molecular flexibility index (Phi) is 4.89. The summed E-state index contributed by atoms with van der Waals surface area (Å²) in [6.07, 6.45) is 0.376. The summed E-state index contributed by atoms with van der Waals surface area (Å²) in [4.78, 5) is 13.2. The SMILES string of the molecule is CC1CN(C(CN)CC(N)=O)CC(C)S1. The Morgan fingerprint density at radius 2 is 2.00 bits per heavy atom. The van der Waals surface area contributed by atoms with Crippen molar-refractivity contribution >= 4 is 17.7 Å². The van der Waals surface area contributed by atoms with Crippen molar-refractivity contribution in [3.05, 3.63) is 0 Å². The molecule has 3 unspecified atom stereocenters. The van der Waals surface area contributed by atoms with Crippen LogP contribution in [-0.2, 0) is 4.79 Å². The number of hydrogen-bond acceptors (Lipinski definition) is 4. The van der Waals surface area contributed by atoms with Crippen molar-refractivity contribution in [3.63, 3.8) is 0 Å². The van der Waals surface area contributed by atoms with Gasteiger partial charge in [-0.3, -0.25) is 9.69 Å². The minimum absolute atomic E-state index is 0.119. The molecule has 1 aliphatic rings. The van der Waals surface area contributed by atoms with Crippen molar-refractivity contribution in [2.45, 2.75) is 36.8 Å². The highest BCUT2D eigenvalue weighted by Crippen LogP contribution is 2.26. The maximum absolute atomic E-state index is 10.9. The topological polar surface area (TPSA) is 72.3 Å². The normalized spacial score (nSPS) is 30.1. The van der Waals surface area contributed by atoms with Crippen LogP contribution in [0.3, 0.4) is 0 Å². The van der Waals surface area contributed by atoms with E-state index in [2.05, 4.69) is 18.7 Å². The number of rotatable bonds is 4. The zero-order valence-corrected chi connectivity index (χ0v) is 10.3. The van der Waals surface area contributed by atoms with E-state index in [0.717, 1.165) is 13.1 Å². The first-order valence-electron chi connectivity index (χ1n) is 5.40. The summed E-state index contributed by atoms with van der Waals surface area (Å²) < 4.78 is 0. The number of amides is 1. The molecular formula is C10H21N3OS. The highest BCUT2D eigenvalue weighted by molar-refractivity contribution is 8.00. The van der Waals surface area contributed by atoms with E-state index in [-0.39, 0.29) is 11.9 Å². The molecule has 0 aliphatic carbocycles. The Hall–Kier alpha value is -0.260. The first kappa shape index (κ1) is 12.8. The molecule has 0 aromatic heterocycles. The number of nitrogens with zero attached hydrogens (tertiary/aromatic N) is 1. The summed E-state index contributed by atoms with van der Waals surface area (Å²) in [5, 5.41) is 1.21. The van der Waals surface area contributed by atoms with Gasteiger partial charge in [-0.1, -0.05) is 13.8 Å². The third-order valence-corrected chi connectivity index (χ3v) is 3.90. The van der Waals surface area contributed by atoms with Crippen molar-refractivity contribution in [2.24, 2.45) is 11.5 Å². The van der Waals surface area contributed by atoms with E-state index in [1.807, 2.05) is 11.8 Å². The monoisotopic (exact) mass is 231 g/mol. The Bertz CT molecular complexity index is 215. The van der Waals surface area contributed by atoms with Gasteiger partial charge in [0, 0.05) is 42.6 Å². The van der Waals surface area contributed by atoms with E-state index in [9.17, 15) is 4.79 Å². The van der Waals surface area contributed by atoms with Crippen LogP contribution in [0.2, 0.25) is 0 Å². The van der Waals surface area contributed by atoms with E-state index in [1.54, 1.807) is 0 Å². The van der Waals surface area contributed by atoms with E-state index in [4.69, 9.17) is 11.5 Å². The Labute approximate surface area is 95.7 Å². The lowest BCUT2D eigenvalue weighted by atomic mass is 10.1. The van der Waals surface area contributed by atoms with Crippen LogP contribution in [0.15, 0.2) is 0 Å². The molecule has 1 heterocycles. The third kappa shape index (κ3) is 4.01. The van der Waals surface area contributed by atoms with Crippen LogP contribution in [0.25, 0.3) is 0 Å². The fraction of sp³-hybridized carbons (Fsp3) is 0.900. The summed E-state index contributed by atoms with van der Waals surface area (Å²) in [5.74, 6) is -0.260. The van der Waals surface area contributed by atoms with Gasteiger partial charge in [0.25, 0.3) is 0 Å². The largest absolute Gasteiger partial charge is 0.370 e. The van der Waals surface area contributed by atoms with Gasteiger partial charge >= 0.3 is 0 Å². The van der Waals surface area contributed by atoms with Gasteiger partial charge in [0.05, 0.1) is 0 Å². The molecule has 3 atom stereocenters. The first-order chi connectivity index (χ1) is 7.02. The Morgan fingerprint density at radius 1 is 1.47 bits per heavy atom. The van der Waals surface area contributed by atoms with Gasteiger partial charge in [-0.15, -0.1) is 0 Å². The third-order valence-electron chi connectivity index (χ3n) is 2.67. The number of thioether (sulfide) groups is 1. The molecule has 0 aromatic rings. The van der Waals surface area contributed by atoms with Gasteiger partial charge in [-0.05, 0) is 0 Å². The zero-order valence-electron chi connectivity index (χ0n) is 9.48. The van der Waals surface area contributed by atoms with Gasteiger partial charge in [0.1, 0.15) is 0 Å². The maximum atomic E-state index is 10.9. The highest BCUT2D eigenvalue weighted by atomic mass is 32.2. The molecule has 0 bridgehead atoms. The zero-order chi connectivity index (χ0) is 11.4. The number of primary amides is 1. The Balaban J connectivity index is 2.54. The molecule has 5 heteroatoms. The second-order valence-corrected chi connectivity index (χ2v) is 6.15. The minimum Gasteiger partial charge on any atom is -0.370 e. The van der Waals surface area contributed by atoms with Crippen LogP contribution >= 0.6 is 11.8 Å². The summed E-state index contributed by atoms with van der Waals surface area (Å²) in [5.41, 5.74) is 10.9. The van der Waals surface area contributed by atoms with Crippen LogP contribution in [0.1, 0.15) is 20.3 Å². The van der Waals surface area contributed by atoms with E-state index >= 15 is 0 Å². The predicted octanol–water partition coefficient (Wildman–Crippen LogP) is 0.0149. The Morgan fingerprint density at radius 3 is 2.40 bits per heavy atom.